The number of aromatic nitrogens is 2. The number of aryl methyl sites for hydroxylation is 1. The van der Waals surface area contributed by atoms with Gasteiger partial charge in [-0.3, -0.25) is 9.48 Å². The number of hydrogen-bond donors (Lipinski definition) is 0. The van der Waals surface area contributed by atoms with Gasteiger partial charge in [-0.25, -0.2) is 0 Å². The monoisotopic (exact) mass is 378 g/mol. The van der Waals surface area contributed by atoms with E-state index in [9.17, 15) is 4.79 Å². The molecular weight excluding hydrogens is 367 g/mol. The molecule has 3 nitrogen and oxygen atoms in total. The first-order chi connectivity index (χ1) is 11.4. The standard InChI is InChI=1S/C18H13Cl3N2O/c1-11-2-5-13(6-3-11)17-9-16(18(21)24)22-23(17)10-12-4-7-14(19)15(20)8-12/h2-9H,10H2,1H3. The van der Waals surface area contributed by atoms with E-state index in [2.05, 4.69) is 5.10 Å². The summed E-state index contributed by atoms with van der Waals surface area (Å²) >= 11 is 17.6. The average Bonchev–Trinajstić information content (AvgIpc) is 2.96. The Morgan fingerprint density at radius 2 is 1.75 bits per heavy atom. The van der Waals surface area contributed by atoms with Crippen molar-refractivity contribution < 1.29 is 4.79 Å². The molecule has 0 radical (unpaired) electrons. The summed E-state index contributed by atoms with van der Waals surface area (Å²) in [6.07, 6.45) is 0. The summed E-state index contributed by atoms with van der Waals surface area (Å²) < 4.78 is 1.74. The van der Waals surface area contributed by atoms with E-state index in [1.807, 2.05) is 37.3 Å². The topological polar surface area (TPSA) is 34.9 Å². The van der Waals surface area contributed by atoms with E-state index in [1.165, 1.54) is 0 Å². The molecule has 0 aliphatic heterocycles. The second-order valence-corrected chi connectivity index (χ2v) is 6.62. The molecule has 1 heterocycles. The minimum Gasteiger partial charge on any atom is -0.274 e. The largest absolute Gasteiger partial charge is 0.274 e. The molecule has 6 heteroatoms. The zero-order chi connectivity index (χ0) is 17.3. The number of rotatable bonds is 4. The third kappa shape index (κ3) is 3.64. The quantitative estimate of drug-likeness (QED) is 0.554. The van der Waals surface area contributed by atoms with Crippen molar-refractivity contribution in [2.45, 2.75) is 13.5 Å². The maximum absolute atomic E-state index is 11.5. The molecule has 3 rings (SSSR count). The highest BCUT2D eigenvalue weighted by Gasteiger charge is 2.14. The number of hydrogen-bond acceptors (Lipinski definition) is 2. The SMILES string of the molecule is Cc1ccc(-c2cc(C(=O)Cl)nn2Cc2ccc(Cl)c(Cl)c2)cc1. The molecular formula is C18H13Cl3N2O. The number of nitrogens with zero attached hydrogens (tertiary/aromatic N) is 2. The van der Waals surface area contributed by atoms with Crippen molar-refractivity contribution in [2.24, 2.45) is 0 Å². The molecule has 1 aromatic heterocycles. The Labute approximate surface area is 154 Å². The summed E-state index contributed by atoms with van der Waals surface area (Å²) in [7, 11) is 0. The number of benzene rings is 2. The van der Waals surface area contributed by atoms with Gasteiger partial charge in [0.05, 0.1) is 22.3 Å². The molecule has 0 aliphatic rings. The number of halogens is 3. The summed E-state index contributed by atoms with van der Waals surface area (Å²) in [5.41, 5.74) is 4.06. The molecule has 0 aliphatic carbocycles. The number of carbonyl (C=O) groups is 1. The van der Waals surface area contributed by atoms with Gasteiger partial charge in [0.1, 0.15) is 5.69 Å². The molecule has 3 aromatic rings. The molecule has 2 aromatic carbocycles. The number of carbonyl (C=O) groups excluding carboxylic acids is 1. The van der Waals surface area contributed by atoms with Crippen LogP contribution in [0.2, 0.25) is 10.0 Å². The highest BCUT2D eigenvalue weighted by Crippen LogP contribution is 2.26. The first-order valence-electron chi connectivity index (χ1n) is 7.22. The first kappa shape index (κ1) is 17.0. The van der Waals surface area contributed by atoms with E-state index < -0.39 is 5.24 Å². The van der Waals surface area contributed by atoms with Gasteiger partial charge in [0.25, 0.3) is 5.24 Å². The van der Waals surface area contributed by atoms with Crippen molar-refractivity contribution in [3.05, 3.63) is 75.4 Å². The lowest BCUT2D eigenvalue weighted by Crippen LogP contribution is -2.05. The zero-order valence-electron chi connectivity index (χ0n) is 12.8. The summed E-state index contributed by atoms with van der Waals surface area (Å²) in [5, 5.41) is 4.70. The zero-order valence-corrected chi connectivity index (χ0v) is 15.0. The van der Waals surface area contributed by atoms with Crippen molar-refractivity contribution in [1.82, 2.24) is 9.78 Å². The second-order valence-electron chi connectivity index (χ2n) is 5.46. The molecule has 0 saturated heterocycles. The van der Waals surface area contributed by atoms with Crippen LogP contribution in [-0.2, 0) is 6.54 Å². The third-order valence-corrected chi connectivity index (χ3v) is 4.58. The highest BCUT2D eigenvalue weighted by atomic mass is 35.5. The van der Waals surface area contributed by atoms with E-state index >= 15 is 0 Å². The van der Waals surface area contributed by atoms with Crippen molar-refractivity contribution in [3.8, 4) is 11.3 Å². The highest BCUT2D eigenvalue weighted by molar-refractivity contribution is 6.67. The molecule has 0 unspecified atom stereocenters. The molecule has 0 atom stereocenters. The fraction of sp³-hybridized carbons (Fsp3) is 0.111. The Hall–Kier alpha value is -1.81. The summed E-state index contributed by atoms with van der Waals surface area (Å²) in [6.45, 7) is 2.47. The molecule has 0 fully saturated rings. The predicted octanol–water partition coefficient (Wildman–Crippen LogP) is 5.59. The van der Waals surface area contributed by atoms with Gasteiger partial charge in [-0.05, 0) is 47.9 Å². The van der Waals surface area contributed by atoms with E-state index in [0.717, 1.165) is 22.4 Å². The Kier molecular flexibility index (Phi) is 4.95. The van der Waals surface area contributed by atoms with Gasteiger partial charge in [-0.2, -0.15) is 5.10 Å². The first-order valence-corrected chi connectivity index (χ1v) is 8.36. The van der Waals surface area contributed by atoms with Gasteiger partial charge in [0.15, 0.2) is 0 Å². The third-order valence-electron chi connectivity index (χ3n) is 3.65. The lowest BCUT2D eigenvalue weighted by molar-refractivity contribution is 0.107. The van der Waals surface area contributed by atoms with Crippen LogP contribution in [0.25, 0.3) is 11.3 Å². The second kappa shape index (κ2) is 6.98. The van der Waals surface area contributed by atoms with Gasteiger partial charge < -0.3 is 0 Å². The Balaban J connectivity index is 2.03. The molecule has 122 valence electrons. The smallest absolute Gasteiger partial charge is 0.272 e. The molecule has 0 N–H and O–H groups in total. The van der Waals surface area contributed by atoms with Crippen LogP contribution >= 0.6 is 34.8 Å². The van der Waals surface area contributed by atoms with Crippen LogP contribution in [-0.4, -0.2) is 15.0 Å². The molecule has 0 amide bonds. The van der Waals surface area contributed by atoms with Crippen molar-refractivity contribution >= 4 is 40.0 Å². The minimum absolute atomic E-state index is 0.215. The van der Waals surface area contributed by atoms with Gasteiger partial charge in [0.2, 0.25) is 0 Å². The van der Waals surface area contributed by atoms with Crippen LogP contribution in [0.3, 0.4) is 0 Å². The van der Waals surface area contributed by atoms with Crippen LogP contribution in [0.5, 0.6) is 0 Å². The van der Waals surface area contributed by atoms with E-state index in [-0.39, 0.29) is 5.69 Å². The van der Waals surface area contributed by atoms with Crippen molar-refractivity contribution in [1.29, 1.82) is 0 Å². The van der Waals surface area contributed by atoms with Crippen LogP contribution in [0.1, 0.15) is 21.6 Å². The van der Waals surface area contributed by atoms with Gasteiger partial charge in [-0.1, -0.05) is 59.1 Å². The normalized spacial score (nSPS) is 10.8. The minimum atomic E-state index is -0.587. The van der Waals surface area contributed by atoms with E-state index in [4.69, 9.17) is 34.8 Å². The van der Waals surface area contributed by atoms with Gasteiger partial charge in [0, 0.05) is 0 Å². The van der Waals surface area contributed by atoms with E-state index in [1.54, 1.807) is 22.9 Å². The molecule has 0 bridgehead atoms. The summed E-state index contributed by atoms with van der Waals surface area (Å²) in [6, 6.07) is 15.1. The lowest BCUT2D eigenvalue weighted by Gasteiger charge is -2.09. The molecule has 24 heavy (non-hydrogen) atoms. The summed E-state index contributed by atoms with van der Waals surface area (Å²) in [5.74, 6) is 0. The van der Waals surface area contributed by atoms with Gasteiger partial charge >= 0.3 is 0 Å². The fourth-order valence-electron chi connectivity index (χ4n) is 2.40. The lowest BCUT2D eigenvalue weighted by atomic mass is 10.1. The Bertz CT molecular complexity index is 901. The average molecular weight is 380 g/mol. The fourth-order valence-corrected chi connectivity index (χ4v) is 2.81. The Morgan fingerprint density at radius 3 is 2.38 bits per heavy atom. The van der Waals surface area contributed by atoms with Crippen LogP contribution in [0.15, 0.2) is 48.5 Å². The van der Waals surface area contributed by atoms with Crippen LogP contribution in [0.4, 0.5) is 0 Å². The predicted molar refractivity (Wildman–Crippen MR) is 98.1 cm³/mol. The summed E-state index contributed by atoms with van der Waals surface area (Å²) in [4.78, 5) is 11.5. The van der Waals surface area contributed by atoms with Crippen molar-refractivity contribution in [3.63, 3.8) is 0 Å². The maximum Gasteiger partial charge on any atom is 0.272 e. The molecule has 0 saturated carbocycles. The molecule has 0 spiro atoms. The van der Waals surface area contributed by atoms with Crippen molar-refractivity contribution in [2.75, 3.05) is 0 Å². The Morgan fingerprint density at radius 1 is 1.04 bits per heavy atom. The maximum atomic E-state index is 11.5. The van der Waals surface area contributed by atoms with Crippen LogP contribution in [0, 0.1) is 6.92 Å². The van der Waals surface area contributed by atoms with E-state index in [0.29, 0.717) is 16.6 Å². The van der Waals surface area contributed by atoms with Gasteiger partial charge in [-0.15, -0.1) is 0 Å². The van der Waals surface area contributed by atoms with Crippen LogP contribution < -0.4 is 0 Å².